The van der Waals surface area contributed by atoms with Crippen LogP contribution < -0.4 is 10.5 Å². The van der Waals surface area contributed by atoms with E-state index < -0.39 is 5.54 Å². The lowest BCUT2D eigenvalue weighted by Gasteiger charge is -2.39. The first kappa shape index (κ1) is 23.9. The quantitative estimate of drug-likeness (QED) is 0.296. The summed E-state index contributed by atoms with van der Waals surface area (Å²) < 4.78 is 12.0. The molecule has 34 heavy (non-hydrogen) atoms. The molecule has 0 aliphatic carbocycles. The fourth-order valence-corrected chi connectivity index (χ4v) is 4.67. The summed E-state index contributed by atoms with van der Waals surface area (Å²) in [4.78, 5) is 15.4. The number of hydrogen-bond donors (Lipinski definition) is 1. The number of carbonyl (C=O) groups is 1. The first-order valence-electron chi connectivity index (χ1n) is 11.4. The SMILES string of the molecule is C=CCOc1cc(COCC2(c3ccc(Cl)cc3)c3ccccc3C(=O)N2CCC)ccc1N. The van der Waals surface area contributed by atoms with Crippen LogP contribution in [-0.2, 0) is 16.9 Å². The van der Waals surface area contributed by atoms with Crippen LogP contribution in [0.3, 0.4) is 0 Å². The maximum Gasteiger partial charge on any atom is 0.255 e. The van der Waals surface area contributed by atoms with E-state index in [4.69, 9.17) is 26.8 Å². The summed E-state index contributed by atoms with van der Waals surface area (Å²) in [5.74, 6) is 0.617. The Balaban J connectivity index is 1.69. The van der Waals surface area contributed by atoms with E-state index in [1.165, 1.54) is 0 Å². The Morgan fingerprint density at radius 3 is 2.62 bits per heavy atom. The van der Waals surface area contributed by atoms with Gasteiger partial charge >= 0.3 is 0 Å². The van der Waals surface area contributed by atoms with Crippen molar-refractivity contribution in [3.8, 4) is 5.75 Å². The lowest BCUT2D eigenvalue weighted by molar-refractivity contribution is 0.0147. The van der Waals surface area contributed by atoms with Gasteiger partial charge in [0.05, 0.1) is 18.9 Å². The zero-order chi connectivity index (χ0) is 24.1. The highest BCUT2D eigenvalue weighted by Gasteiger charge is 2.50. The number of fused-ring (bicyclic) bond motifs is 1. The fourth-order valence-electron chi connectivity index (χ4n) is 4.55. The van der Waals surface area contributed by atoms with Crippen LogP contribution in [0.2, 0.25) is 5.02 Å². The zero-order valence-corrected chi connectivity index (χ0v) is 20.1. The summed E-state index contributed by atoms with van der Waals surface area (Å²) in [6, 6.07) is 21.1. The summed E-state index contributed by atoms with van der Waals surface area (Å²) in [5, 5.41) is 0.647. The average molecular weight is 477 g/mol. The van der Waals surface area contributed by atoms with E-state index in [1.54, 1.807) is 6.08 Å². The second kappa shape index (κ2) is 10.3. The molecule has 0 saturated heterocycles. The Morgan fingerprint density at radius 2 is 1.88 bits per heavy atom. The molecule has 0 fully saturated rings. The molecule has 3 aromatic rings. The van der Waals surface area contributed by atoms with Crippen molar-refractivity contribution >= 4 is 23.2 Å². The predicted octanol–water partition coefficient (Wildman–Crippen LogP) is 5.81. The number of nitrogens with zero attached hydrogens (tertiary/aromatic N) is 1. The zero-order valence-electron chi connectivity index (χ0n) is 19.3. The number of anilines is 1. The van der Waals surface area contributed by atoms with Crippen LogP contribution in [0.1, 0.15) is 40.4 Å². The minimum atomic E-state index is -0.746. The third kappa shape index (κ3) is 4.41. The third-order valence-electron chi connectivity index (χ3n) is 6.09. The van der Waals surface area contributed by atoms with Crippen molar-refractivity contribution in [1.82, 2.24) is 4.90 Å². The number of rotatable bonds is 10. The summed E-state index contributed by atoms with van der Waals surface area (Å²) >= 11 is 6.20. The van der Waals surface area contributed by atoms with Crippen molar-refractivity contribution in [1.29, 1.82) is 0 Å². The molecule has 0 spiro atoms. The van der Waals surface area contributed by atoms with Crippen LogP contribution in [-0.4, -0.2) is 30.6 Å². The predicted molar refractivity (Wildman–Crippen MR) is 136 cm³/mol. The molecule has 0 bridgehead atoms. The number of halogens is 1. The van der Waals surface area contributed by atoms with Crippen molar-refractivity contribution in [2.75, 3.05) is 25.5 Å². The molecule has 3 aromatic carbocycles. The smallest absolute Gasteiger partial charge is 0.255 e. The molecule has 1 atom stereocenters. The molecule has 1 unspecified atom stereocenters. The van der Waals surface area contributed by atoms with Gasteiger partial charge < -0.3 is 20.1 Å². The van der Waals surface area contributed by atoms with Crippen LogP contribution in [0.25, 0.3) is 0 Å². The second-order valence-corrected chi connectivity index (χ2v) is 8.77. The fraction of sp³-hybridized carbons (Fsp3) is 0.250. The molecule has 176 valence electrons. The number of nitrogens with two attached hydrogens (primary N) is 1. The van der Waals surface area contributed by atoms with Crippen LogP contribution in [0.4, 0.5) is 5.69 Å². The van der Waals surface area contributed by atoms with Gasteiger partial charge in [-0.3, -0.25) is 4.79 Å². The molecule has 0 radical (unpaired) electrons. The molecular formula is C28H29ClN2O3. The van der Waals surface area contributed by atoms with Crippen molar-refractivity contribution in [2.45, 2.75) is 25.5 Å². The van der Waals surface area contributed by atoms with E-state index in [0.717, 1.165) is 23.1 Å². The summed E-state index contributed by atoms with van der Waals surface area (Å²) in [6.45, 7) is 7.38. The van der Waals surface area contributed by atoms with E-state index in [2.05, 4.69) is 13.5 Å². The lowest BCUT2D eigenvalue weighted by atomic mass is 9.83. The minimum absolute atomic E-state index is 0.0172. The van der Waals surface area contributed by atoms with Crippen molar-refractivity contribution in [2.24, 2.45) is 0 Å². The summed E-state index contributed by atoms with van der Waals surface area (Å²) in [7, 11) is 0. The molecular weight excluding hydrogens is 448 g/mol. The van der Waals surface area contributed by atoms with Gasteiger partial charge in [0.1, 0.15) is 17.9 Å². The van der Waals surface area contributed by atoms with Gasteiger partial charge in [-0.25, -0.2) is 0 Å². The molecule has 5 nitrogen and oxygen atoms in total. The molecule has 1 aliphatic heterocycles. The Kier molecular flexibility index (Phi) is 7.25. The average Bonchev–Trinajstić information content (AvgIpc) is 3.09. The molecule has 6 heteroatoms. The van der Waals surface area contributed by atoms with E-state index in [-0.39, 0.29) is 5.91 Å². The molecule has 0 aromatic heterocycles. The first-order chi connectivity index (χ1) is 16.5. The third-order valence-corrected chi connectivity index (χ3v) is 6.34. The molecule has 4 rings (SSSR count). The number of hydrogen-bond acceptors (Lipinski definition) is 4. The highest BCUT2D eigenvalue weighted by atomic mass is 35.5. The number of nitrogen functional groups attached to an aromatic ring is 1. The van der Waals surface area contributed by atoms with Crippen LogP contribution >= 0.6 is 11.6 Å². The molecule has 1 heterocycles. The largest absolute Gasteiger partial charge is 0.487 e. The lowest BCUT2D eigenvalue weighted by Crippen LogP contribution is -2.48. The van der Waals surface area contributed by atoms with Gasteiger partial charge in [-0.1, -0.05) is 67.6 Å². The van der Waals surface area contributed by atoms with Gasteiger partial charge in [0.2, 0.25) is 0 Å². The van der Waals surface area contributed by atoms with Gasteiger partial charge in [0, 0.05) is 17.1 Å². The Bertz CT molecular complexity index is 1180. The Labute approximate surface area is 205 Å². The van der Waals surface area contributed by atoms with E-state index in [0.29, 0.717) is 48.4 Å². The van der Waals surface area contributed by atoms with Gasteiger partial charge in [0.25, 0.3) is 5.91 Å². The summed E-state index contributed by atoms with van der Waals surface area (Å²) in [5.41, 5.74) is 9.41. The van der Waals surface area contributed by atoms with E-state index >= 15 is 0 Å². The van der Waals surface area contributed by atoms with Gasteiger partial charge in [-0.2, -0.15) is 0 Å². The van der Waals surface area contributed by atoms with Gasteiger partial charge in [-0.05, 0) is 53.4 Å². The van der Waals surface area contributed by atoms with Gasteiger partial charge in [-0.15, -0.1) is 0 Å². The van der Waals surface area contributed by atoms with Crippen LogP contribution in [0, 0.1) is 0 Å². The molecule has 0 saturated carbocycles. The number of ether oxygens (including phenoxy) is 2. The maximum absolute atomic E-state index is 13.5. The highest BCUT2D eigenvalue weighted by molar-refractivity contribution is 6.30. The van der Waals surface area contributed by atoms with Gasteiger partial charge in [0.15, 0.2) is 0 Å². The highest BCUT2D eigenvalue weighted by Crippen LogP contribution is 2.45. The summed E-state index contributed by atoms with van der Waals surface area (Å²) in [6.07, 6.45) is 2.51. The normalized spacial score (nSPS) is 17.0. The number of benzene rings is 3. The molecule has 1 aliphatic rings. The Morgan fingerprint density at radius 1 is 1.12 bits per heavy atom. The van der Waals surface area contributed by atoms with E-state index in [1.807, 2.05) is 71.6 Å². The van der Waals surface area contributed by atoms with Crippen molar-refractivity contribution < 1.29 is 14.3 Å². The molecule has 1 amide bonds. The number of carbonyl (C=O) groups excluding carboxylic acids is 1. The number of amides is 1. The monoisotopic (exact) mass is 476 g/mol. The first-order valence-corrected chi connectivity index (χ1v) is 11.8. The molecule has 2 N–H and O–H groups in total. The van der Waals surface area contributed by atoms with Crippen molar-refractivity contribution in [3.05, 3.63) is 107 Å². The van der Waals surface area contributed by atoms with Crippen molar-refractivity contribution in [3.63, 3.8) is 0 Å². The standard InChI is InChI=1S/C28H29ClN2O3/c1-3-15-31-27(32)23-7-5-6-8-24(23)28(31,21-10-12-22(29)13-11-21)19-33-18-20-9-14-25(30)26(17-20)34-16-4-2/h4-14,17H,2-3,15-16,18-19,30H2,1H3. The Hall–Kier alpha value is -3.28. The van der Waals surface area contributed by atoms with E-state index in [9.17, 15) is 4.79 Å². The second-order valence-electron chi connectivity index (χ2n) is 8.33. The van der Waals surface area contributed by atoms with Crippen LogP contribution in [0.5, 0.6) is 5.75 Å². The topological polar surface area (TPSA) is 64.8 Å². The minimum Gasteiger partial charge on any atom is -0.487 e. The van der Waals surface area contributed by atoms with Crippen LogP contribution in [0.15, 0.2) is 79.4 Å². The maximum atomic E-state index is 13.5.